The quantitative estimate of drug-likeness (QED) is 0.680. The second kappa shape index (κ2) is 4.96. The minimum Gasteiger partial charge on any atom is -0.228 e. The van der Waals surface area contributed by atoms with Crippen LogP contribution in [0, 0.1) is 0 Å². The van der Waals surface area contributed by atoms with Crippen molar-refractivity contribution in [2.24, 2.45) is 0 Å². The maximum absolute atomic E-state index is 12.0. The van der Waals surface area contributed by atoms with Gasteiger partial charge in [0, 0.05) is 0 Å². The van der Waals surface area contributed by atoms with Gasteiger partial charge in [0.05, 0.1) is 10.00 Å². The lowest BCUT2D eigenvalue weighted by Crippen LogP contribution is -2.36. The molecule has 14 heavy (non-hydrogen) atoms. The molecular weight excluding hydrogens is 196 g/mol. The van der Waals surface area contributed by atoms with Gasteiger partial charge in [-0.25, -0.2) is 8.42 Å². The minimum absolute atomic E-state index is 0.331. The zero-order valence-corrected chi connectivity index (χ0v) is 10.7. The van der Waals surface area contributed by atoms with E-state index in [0.29, 0.717) is 6.42 Å². The highest BCUT2D eigenvalue weighted by atomic mass is 32.2. The molecule has 1 atom stereocenters. The van der Waals surface area contributed by atoms with E-state index in [2.05, 4.69) is 0 Å². The average Bonchev–Trinajstić information content (AvgIpc) is 2.03. The summed E-state index contributed by atoms with van der Waals surface area (Å²) in [5.74, 6) is 0. The van der Waals surface area contributed by atoms with Crippen LogP contribution in [-0.2, 0) is 9.84 Å². The predicted molar refractivity (Wildman–Crippen MR) is 62.2 cm³/mol. The van der Waals surface area contributed by atoms with Gasteiger partial charge in [0.1, 0.15) is 0 Å². The number of hydrogen-bond donors (Lipinski definition) is 0. The molecule has 0 aliphatic heterocycles. The van der Waals surface area contributed by atoms with Crippen molar-refractivity contribution in [1.29, 1.82) is 0 Å². The smallest absolute Gasteiger partial charge is 0.161 e. The molecule has 0 aromatic rings. The monoisotopic (exact) mass is 218 g/mol. The van der Waals surface area contributed by atoms with Crippen LogP contribution in [0.2, 0.25) is 0 Å². The summed E-state index contributed by atoms with van der Waals surface area (Å²) >= 11 is 0. The van der Waals surface area contributed by atoms with Gasteiger partial charge < -0.3 is 0 Å². The summed E-state index contributed by atoms with van der Waals surface area (Å²) in [5, 5.41) is -0.331. The van der Waals surface area contributed by atoms with E-state index in [1.807, 2.05) is 26.0 Å². The van der Waals surface area contributed by atoms with Crippen LogP contribution in [0.4, 0.5) is 0 Å². The Morgan fingerprint density at radius 1 is 1.21 bits per heavy atom. The van der Waals surface area contributed by atoms with Gasteiger partial charge in [-0.05, 0) is 33.6 Å². The van der Waals surface area contributed by atoms with Crippen molar-refractivity contribution in [3.63, 3.8) is 0 Å². The first-order valence-electron chi connectivity index (χ1n) is 5.17. The first-order valence-corrected chi connectivity index (χ1v) is 6.72. The van der Waals surface area contributed by atoms with Gasteiger partial charge in [-0.2, -0.15) is 0 Å². The van der Waals surface area contributed by atoms with E-state index in [-0.39, 0.29) is 5.25 Å². The SMILES string of the molecule is CC/C=C/[C@H](CC)S(=O)(=O)C(C)(C)C. The third-order valence-electron chi connectivity index (χ3n) is 2.24. The van der Waals surface area contributed by atoms with Crippen LogP contribution in [0.5, 0.6) is 0 Å². The number of sulfone groups is 1. The van der Waals surface area contributed by atoms with E-state index in [1.165, 1.54) is 0 Å². The van der Waals surface area contributed by atoms with Crippen molar-refractivity contribution in [2.45, 2.75) is 57.5 Å². The minimum atomic E-state index is -3.05. The van der Waals surface area contributed by atoms with Crippen molar-refractivity contribution in [3.05, 3.63) is 12.2 Å². The topological polar surface area (TPSA) is 34.1 Å². The Labute approximate surface area is 88.3 Å². The van der Waals surface area contributed by atoms with Crippen LogP contribution in [0.1, 0.15) is 47.5 Å². The molecule has 0 saturated carbocycles. The van der Waals surface area contributed by atoms with Crippen LogP contribution in [0.25, 0.3) is 0 Å². The molecule has 0 bridgehead atoms. The molecule has 0 heterocycles. The van der Waals surface area contributed by atoms with Crippen molar-refractivity contribution in [1.82, 2.24) is 0 Å². The van der Waals surface area contributed by atoms with E-state index in [1.54, 1.807) is 20.8 Å². The van der Waals surface area contributed by atoms with Crippen LogP contribution < -0.4 is 0 Å². The first kappa shape index (κ1) is 13.7. The summed E-state index contributed by atoms with van der Waals surface area (Å²) < 4.78 is 23.4. The molecule has 0 radical (unpaired) electrons. The molecule has 0 fully saturated rings. The van der Waals surface area contributed by atoms with E-state index >= 15 is 0 Å². The predicted octanol–water partition coefficient (Wildman–Crippen LogP) is 2.94. The molecule has 0 aromatic heterocycles. The zero-order valence-electron chi connectivity index (χ0n) is 9.87. The molecule has 0 unspecified atom stereocenters. The van der Waals surface area contributed by atoms with E-state index in [0.717, 1.165) is 6.42 Å². The summed E-state index contributed by atoms with van der Waals surface area (Å²) in [6.45, 7) is 9.18. The van der Waals surface area contributed by atoms with E-state index in [9.17, 15) is 8.42 Å². The van der Waals surface area contributed by atoms with E-state index < -0.39 is 14.6 Å². The maximum Gasteiger partial charge on any atom is 0.161 e. The highest BCUT2D eigenvalue weighted by Crippen LogP contribution is 2.23. The molecule has 3 heteroatoms. The van der Waals surface area contributed by atoms with Crippen molar-refractivity contribution < 1.29 is 8.42 Å². The molecule has 0 aliphatic rings. The molecule has 0 N–H and O–H groups in total. The molecule has 0 aliphatic carbocycles. The second-order valence-corrected chi connectivity index (χ2v) is 7.36. The van der Waals surface area contributed by atoms with E-state index in [4.69, 9.17) is 0 Å². The van der Waals surface area contributed by atoms with Crippen LogP contribution in [-0.4, -0.2) is 18.4 Å². The molecule has 0 rings (SSSR count). The van der Waals surface area contributed by atoms with Crippen LogP contribution in [0.3, 0.4) is 0 Å². The Bertz CT molecular complexity index is 281. The molecular formula is C11H22O2S. The van der Waals surface area contributed by atoms with Crippen LogP contribution in [0.15, 0.2) is 12.2 Å². The summed E-state index contributed by atoms with van der Waals surface area (Å²) in [7, 11) is -3.05. The third-order valence-corrected chi connectivity index (χ3v) is 5.24. The Morgan fingerprint density at radius 3 is 2.00 bits per heavy atom. The van der Waals surface area contributed by atoms with Gasteiger partial charge in [0.25, 0.3) is 0 Å². The Kier molecular flexibility index (Phi) is 4.85. The molecule has 0 amide bonds. The summed E-state index contributed by atoms with van der Waals surface area (Å²) in [6, 6.07) is 0. The van der Waals surface area contributed by atoms with Crippen molar-refractivity contribution in [2.75, 3.05) is 0 Å². The Hall–Kier alpha value is -0.310. The lowest BCUT2D eigenvalue weighted by Gasteiger charge is -2.24. The van der Waals surface area contributed by atoms with Crippen molar-refractivity contribution >= 4 is 9.84 Å². The fraction of sp³-hybridized carbons (Fsp3) is 0.818. The third kappa shape index (κ3) is 3.12. The fourth-order valence-corrected chi connectivity index (χ4v) is 2.87. The molecule has 2 nitrogen and oxygen atoms in total. The lowest BCUT2D eigenvalue weighted by atomic mass is 10.2. The van der Waals surface area contributed by atoms with Gasteiger partial charge >= 0.3 is 0 Å². The normalized spacial score (nSPS) is 16.1. The molecule has 84 valence electrons. The molecule has 0 saturated heterocycles. The molecule has 0 aromatic carbocycles. The van der Waals surface area contributed by atoms with Gasteiger partial charge in [0.15, 0.2) is 9.84 Å². The largest absolute Gasteiger partial charge is 0.228 e. The van der Waals surface area contributed by atoms with Gasteiger partial charge in [-0.3, -0.25) is 0 Å². The maximum atomic E-state index is 12.0. The zero-order chi connectivity index (χ0) is 11.4. The van der Waals surface area contributed by atoms with Crippen molar-refractivity contribution in [3.8, 4) is 0 Å². The first-order chi connectivity index (χ1) is 6.27. The second-order valence-electron chi connectivity index (χ2n) is 4.44. The Morgan fingerprint density at radius 2 is 1.71 bits per heavy atom. The summed E-state index contributed by atoms with van der Waals surface area (Å²) in [6.07, 6.45) is 5.28. The highest BCUT2D eigenvalue weighted by Gasteiger charge is 2.34. The summed E-state index contributed by atoms with van der Waals surface area (Å²) in [5.41, 5.74) is 0. The number of rotatable bonds is 4. The Balaban J connectivity index is 4.96. The summed E-state index contributed by atoms with van der Waals surface area (Å²) in [4.78, 5) is 0. The standard InChI is InChI=1S/C11H22O2S/c1-6-8-9-10(7-2)14(12,13)11(3,4)5/h8-10H,6-7H2,1-5H3/b9-8+/t10-/m0/s1. The highest BCUT2D eigenvalue weighted by molar-refractivity contribution is 7.93. The number of allylic oxidation sites excluding steroid dienone is 1. The molecule has 0 spiro atoms. The van der Waals surface area contributed by atoms with Gasteiger partial charge in [-0.1, -0.05) is 26.0 Å². The van der Waals surface area contributed by atoms with Crippen LogP contribution >= 0.6 is 0 Å². The van der Waals surface area contributed by atoms with Gasteiger partial charge in [0.2, 0.25) is 0 Å². The number of hydrogen-bond acceptors (Lipinski definition) is 2. The average molecular weight is 218 g/mol. The fourth-order valence-electron chi connectivity index (χ4n) is 1.20. The lowest BCUT2D eigenvalue weighted by molar-refractivity contribution is 0.550. The van der Waals surface area contributed by atoms with Gasteiger partial charge in [-0.15, -0.1) is 0 Å².